The Bertz CT molecular complexity index is 361. The van der Waals surface area contributed by atoms with E-state index in [1.54, 1.807) is 12.1 Å². The van der Waals surface area contributed by atoms with Crippen molar-refractivity contribution in [3.8, 4) is 0 Å². The highest BCUT2D eigenvalue weighted by atomic mass is 19.4. The number of alkyl halides is 3. The SMILES string of the molecule is Cc1ccc(N)c(NC(C)CC(F)(F)F)c1. The second kappa shape index (κ2) is 4.63. The molecule has 0 fully saturated rings. The molecule has 1 rings (SSSR count). The predicted molar refractivity (Wildman–Crippen MR) is 59.3 cm³/mol. The van der Waals surface area contributed by atoms with Gasteiger partial charge in [-0.05, 0) is 31.5 Å². The Kier molecular flexibility index (Phi) is 3.67. The standard InChI is InChI=1S/C11H15F3N2/c1-7-3-4-9(15)10(5-7)16-8(2)6-11(12,13)14/h3-5,8,16H,6,15H2,1-2H3. The lowest BCUT2D eigenvalue weighted by molar-refractivity contribution is -0.136. The Balaban J connectivity index is 2.69. The molecule has 0 amide bonds. The van der Waals surface area contributed by atoms with Crippen molar-refractivity contribution in [2.45, 2.75) is 32.5 Å². The number of anilines is 2. The molecule has 0 aliphatic heterocycles. The highest BCUT2D eigenvalue weighted by molar-refractivity contribution is 5.67. The third-order valence-corrected chi connectivity index (χ3v) is 2.15. The van der Waals surface area contributed by atoms with Crippen molar-refractivity contribution < 1.29 is 13.2 Å². The lowest BCUT2D eigenvalue weighted by Crippen LogP contribution is -2.24. The number of rotatable bonds is 3. The zero-order valence-corrected chi connectivity index (χ0v) is 9.23. The Morgan fingerprint density at radius 2 is 2.00 bits per heavy atom. The Morgan fingerprint density at radius 3 is 2.56 bits per heavy atom. The maximum atomic E-state index is 12.1. The molecule has 1 unspecified atom stereocenters. The van der Waals surface area contributed by atoms with Crippen LogP contribution < -0.4 is 11.1 Å². The first-order valence-electron chi connectivity index (χ1n) is 4.97. The van der Waals surface area contributed by atoms with E-state index in [1.807, 2.05) is 13.0 Å². The van der Waals surface area contributed by atoms with Crippen LogP contribution in [0.5, 0.6) is 0 Å². The van der Waals surface area contributed by atoms with Crippen molar-refractivity contribution in [1.29, 1.82) is 0 Å². The summed E-state index contributed by atoms with van der Waals surface area (Å²) in [6.07, 6.45) is -5.04. The molecule has 1 aromatic carbocycles. The van der Waals surface area contributed by atoms with Gasteiger partial charge in [0.25, 0.3) is 0 Å². The first kappa shape index (κ1) is 12.7. The van der Waals surface area contributed by atoms with Crippen molar-refractivity contribution in [1.82, 2.24) is 0 Å². The van der Waals surface area contributed by atoms with Crippen LogP contribution in [0.4, 0.5) is 24.5 Å². The van der Waals surface area contributed by atoms with Gasteiger partial charge in [0.1, 0.15) is 0 Å². The normalized spacial score (nSPS) is 13.6. The molecule has 90 valence electrons. The van der Waals surface area contributed by atoms with Crippen LogP contribution in [0.2, 0.25) is 0 Å². The van der Waals surface area contributed by atoms with Crippen molar-refractivity contribution in [2.75, 3.05) is 11.1 Å². The molecule has 5 heteroatoms. The van der Waals surface area contributed by atoms with E-state index in [0.29, 0.717) is 11.4 Å². The second-order valence-electron chi connectivity index (χ2n) is 3.96. The number of benzene rings is 1. The van der Waals surface area contributed by atoms with E-state index in [2.05, 4.69) is 5.32 Å². The van der Waals surface area contributed by atoms with Gasteiger partial charge in [-0.25, -0.2) is 0 Å². The molecule has 0 radical (unpaired) electrons. The maximum Gasteiger partial charge on any atom is 0.391 e. The van der Waals surface area contributed by atoms with E-state index < -0.39 is 18.6 Å². The molecule has 0 heterocycles. The van der Waals surface area contributed by atoms with E-state index in [0.717, 1.165) is 5.56 Å². The number of halogens is 3. The average Bonchev–Trinajstić information content (AvgIpc) is 2.08. The second-order valence-corrected chi connectivity index (χ2v) is 3.96. The minimum absolute atomic E-state index is 0.458. The minimum Gasteiger partial charge on any atom is -0.397 e. The summed E-state index contributed by atoms with van der Waals surface area (Å²) < 4.78 is 36.4. The van der Waals surface area contributed by atoms with Gasteiger partial charge >= 0.3 is 6.18 Å². The van der Waals surface area contributed by atoms with Crippen molar-refractivity contribution in [3.63, 3.8) is 0 Å². The molecule has 16 heavy (non-hydrogen) atoms. The number of hydrogen-bond acceptors (Lipinski definition) is 2. The number of hydrogen-bond donors (Lipinski definition) is 2. The van der Waals surface area contributed by atoms with Gasteiger partial charge in [-0.15, -0.1) is 0 Å². The molecule has 2 nitrogen and oxygen atoms in total. The summed E-state index contributed by atoms with van der Waals surface area (Å²) in [7, 11) is 0. The van der Waals surface area contributed by atoms with Crippen LogP contribution in [0.25, 0.3) is 0 Å². The quantitative estimate of drug-likeness (QED) is 0.784. The average molecular weight is 232 g/mol. The van der Waals surface area contributed by atoms with E-state index in [1.165, 1.54) is 6.92 Å². The zero-order chi connectivity index (χ0) is 12.3. The lowest BCUT2D eigenvalue weighted by atomic mass is 10.1. The van der Waals surface area contributed by atoms with E-state index in [-0.39, 0.29) is 0 Å². The van der Waals surface area contributed by atoms with Crippen LogP contribution in [0.1, 0.15) is 18.9 Å². The number of nitrogens with two attached hydrogens (primary N) is 1. The maximum absolute atomic E-state index is 12.1. The number of aryl methyl sites for hydroxylation is 1. The fourth-order valence-electron chi connectivity index (χ4n) is 1.46. The molecule has 0 spiro atoms. The topological polar surface area (TPSA) is 38.0 Å². The van der Waals surface area contributed by atoms with Crippen LogP contribution in [0.3, 0.4) is 0 Å². The summed E-state index contributed by atoms with van der Waals surface area (Å²) in [5.41, 5.74) is 7.62. The first-order chi connectivity index (χ1) is 7.28. The molecule has 0 saturated heterocycles. The largest absolute Gasteiger partial charge is 0.397 e. The zero-order valence-electron chi connectivity index (χ0n) is 9.23. The third-order valence-electron chi connectivity index (χ3n) is 2.15. The van der Waals surface area contributed by atoms with Gasteiger partial charge in [0.2, 0.25) is 0 Å². The molecule has 0 aliphatic carbocycles. The monoisotopic (exact) mass is 232 g/mol. The summed E-state index contributed by atoms with van der Waals surface area (Å²) in [5.74, 6) is 0. The van der Waals surface area contributed by atoms with Crippen LogP contribution in [-0.2, 0) is 0 Å². The smallest absolute Gasteiger partial charge is 0.391 e. The van der Waals surface area contributed by atoms with Gasteiger partial charge < -0.3 is 11.1 Å². The highest BCUT2D eigenvalue weighted by Gasteiger charge is 2.30. The van der Waals surface area contributed by atoms with Crippen LogP contribution in [0.15, 0.2) is 18.2 Å². The first-order valence-corrected chi connectivity index (χ1v) is 4.97. The van der Waals surface area contributed by atoms with E-state index >= 15 is 0 Å². The third kappa shape index (κ3) is 4.00. The lowest BCUT2D eigenvalue weighted by Gasteiger charge is -2.18. The summed E-state index contributed by atoms with van der Waals surface area (Å²) in [6, 6.07) is 4.54. The summed E-state index contributed by atoms with van der Waals surface area (Å²) in [5, 5.41) is 2.76. The van der Waals surface area contributed by atoms with Crippen LogP contribution in [0, 0.1) is 6.92 Å². The van der Waals surface area contributed by atoms with E-state index in [4.69, 9.17) is 5.73 Å². The Morgan fingerprint density at radius 1 is 1.38 bits per heavy atom. The molecule has 1 atom stereocenters. The predicted octanol–water partition coefficient (Wildman–Crippen LogP) is 3.33. The van der Waals surface area contributed by atoms with Crippen molar-refractivity contribution in [3.05, 3.63) is 23.8 Å². The van der Waals surface area contributed by atoms with Gasteiger partial charge in [-0.1, -0.05) is 6.07 Å². The Labute approximate surface area is 92.6 Å². The summed E-state index contributed by atoms with van der Waals surface area (Å²) in [6.45, 7) is 3.34. The van der Waals surface area contributed by atoms with E-state index in [9.17, 15) is 13.2 Å². The van der Waals surface area contributed by atoms with Gasteiger partial charge in [0, 0.05) is 6.04 Å². The van der Waals surface area contributed by atoms with Gasteiger partial charge in [0.15, 0.2) is 0 Å². The van der Waals surface area contributed by atoms with Crippen LogP contribution >= 0.6 is 0 Å². The molecule has 3 N–H and O–H groups in total. The van der Waals surface area contributed by atoms with Crippen molar-refractivity contribution >= 4 is 11.4 Å². The van der Waals surface area contributed by atoms with Gasteiger partial charge in [-0.3, -0.25) is 0 Å². The molecule has 0 bridgehead atoms. The molecule has 1 aromatic rings. The molecular weight excluding hydrogens is 217 g/mol. The molecule has 0 aromatic heterocycles. The van der Waals surface area contributed by atoms with Gasteiger partial charge in [0.05, 0.1) is 17.8 Å². The number of nitrogens with one attached hydrogen (secondary N) is 1. The van der Waals surface area contributed by atoms with Crippen molar-refractivity contribution in [2.24, 2.45) is 0 Å². The Hall–Kier alpha value is -1.39. The number of nitrogen functional groups attached to an aromatic ring is 1. The van der Waals surface area contributed by atoms with Gasteiger partial charge in [-0.2, -0.15) is 13.2 Å². The molecular formula is C11H15F3N2. The highest BCUT2D eigenvalue weighted by Crippen LogP contribution is 2.25. The minimum atomic E-state index is -4.16. The molecule has 0 aliphatic rings. The summed E-state index contributed by atoms with van der Waals surface area (Å²) >= 11 is 0. The molecule has 0 saturated carbocycles. The summed E-state index contributed by atoms with van der Waals surface area (Å²) in [4.78, 5) is 0. The van der Waals surface area contributed by atoms with Crippen LogP contribution in [-0.4, -0.2) is 12.2 Å². The fourth-order valence-corrected chi connectivity index (χ4v) is 1.46. The fraction of sp³-hybridized carbons (Fsp3) is 0.455.